The van der Waals surface area contributed by atoms with Crippen molar-refractivity contribution in [2.75, 3.05) is 13.1 Å². The minimum atomic E-state index is -3.74. The first kappa shape index (κ1) is 14.6. The number of esters is 2. The minimum absolute atomic E-state index is 0.0376. The maximum Gasteiger partial charge on any atom is 0.318 e. The Morgan fingerprint density at radius 1 is 1.24 bits per heavy atom. The number of carbonyl (C=O) groups is 2. The smallest absolute Gasteiger partial charge is 0.318 e. The van der Waals surface area contributed by atoms with Crippen LogP contribution in [0.2, 0.25) is 0 Å². The van der Waals surface area contributed by atoms with Crippen molar-refractivity contribution < 1.29 is 22.7 Å². The van der Waals surface area contributed by atoms with Crippen molar-refractivity contribution in [1.82, 2.24) is 9.29 Å². The normalized spacial score (nSPS) is 26.5. The van der Waals surface area contributed by atoms with Crippen LogP contribution in [-0.4, -0.2) is 42.7 Å². The van der Waals surface area contributed by atoms with Crippen LogP contribution < -0.4 is 0 Å². The van der Waals surface area contributed by atoms with E-state index in [2.05, 4.69) is 25.7 Å². The molecule has 2 saturated heterocycles. The van der Waals surface area contributed by atoms with E-state index in [9.17, 15) is 18.0 Å². The summed E-state index contributed by atoms with van der Waals surface area (Å²) in [6, 6.07) is 1.45. The lowest BCUT2D eigenvalue weighted by Gasteiger charge is -2.30. The average Bonchev–Trinajstić information content (AvgIpc) is 2.74. The van der Waals surface area contributed by atoms with Crippen molar-refractivity contribution in [1.29, 1.82) is 0 Å². The molecule has 0 saturated carbocycles. The SMILES string of the molecule is O=C1OC(=O)C2CN(S(=O)(=O)c3cncc(Br)c3)CCC12. The van der Waals surface area contributed by atoms with E-state index in [1.165, 1.54) is 22.8 Å². The number of pyridine rings is 1. The number of rotatable bonds is 2. The summed E-state index contributed by atoms with van der Waals surface area (Å²) < 4.78 is 31.4. The summed E-state index contributed by atoms with van der Waals surface area (Å²) in [7, 11) is -3.74. The van der Waals surface area contributed by atoms with Crippen molar-refractivity contribution in [3.63, 3.8) is 0 Å². The van der Waals surface area contributed by atoms with Gasteiger partial charge in [0.05, 0.1) is 11.8 Å². The lowest BCUT2D eigenvalue weighted by atomic mass is 9.89. The van der Waals surface area contributed by atoms with Gasteiger partial charge in [0.15, 0.2) is 0 Å². The number of carbonyl (C=O) groups excluding carboxylic acids is 2. The third-order valence-corrected chi connectivity index (χ3v) is 5.96. The molecule has 3 rings (SSSR count). The molecule has 0 bridgehead atoms. The fraction of sp³-hybridized carbons (Fsp3) is 0.417. The molecular formula is C12H11BrN2O5S. The highest BCUT2D eigenvalue weighted by Gasteiger charge is 2.49. The van der Waals surface area contributed by atoms with Crippen LogP contribution in [0.4, 0.5) is 0 Å². The lowest BCUT2D eigenvalue weighted by molar-refractivity contribution is -0.153. The number of piperidine rings is 1. The number of hydrogen-bond donors (Lipinski definition) is 0. The Hall–Kier alpha value is -1.32. The van der Waals surface area contributed by atoms with E-state index in [0.29, 0.717) is 4.47 Å². The first-order chi connectivity index (χ1) is 9.89. The third-order valence-electron chi connectivity index (χ3n) is 3.70. The first-order valence-corrected chi connectivity index (χ1v) is 8.49. The molecule has 0 amide bonds. The van der Waals surface area contributed by atoms with Crippen molar-refractivity contribution in [2.45, 2.75) is 11.3 Å². The summed E-state index contributed by atoms with van der Waals surface area (Å²) >= 11 is 3.18. The lowest BCUT2D eigenvalue weighted by Crippen LogP contribution is -2.44. The van der Waals surface area contributed by atoms with Gasteiger partial charge in [0.25, 0.3) is 0 Å². The second-order valence-electron chi connectivity index (χ2n) is 4.94. The van der Waals surface area contributed by atoms with Crippen LogP contribution in [0, 0.1) is 11.8 Å². The van der Waals surface area contributed by atoms with Crippen molar-refractivity contribution in [3.8, 4) is 0 Å². The van der Waals surface area contributed by atoms with Crippen LogP contribution in [0.5, 0.6) is 0 Å². The van der Waals surface area contributed by atoms with Gasteiger partial charge in [-0.1, -0.05) is 0 Å². The quantitative estimate of drug-likeness (QED) is 0.554. The summed E-state index contributed by atoms with van der Waals surface area (Å²) in [4.78, 5) is 26.9. The van der Waals surface area contributed by atoms with Crippen molar-refractivity contribution in [3.05, 3.63) is 22.9 Å². The van der Waals surface area contributed by atoms with Crippen LogP contribution in [0.3, 0.4) is 0 Å². The highest BCUT2D eigenvalue weighted by atomic mass is 79.9. The van der Waals surface area contributed by atoms with E-state index in [4.69, 9.17) is 0 Å². The van der Waals surface area contributed by atoms with Crippen LogP contribution in [-0.2, 0) is 24.3 Å². The Balaban J connectivity index is 1.88. The van der Waals surface area contributed by atoms with Gasteiger partial charge in [-0.15, -0.1) is 0 Å². The third kappa shape index (κ3) is 2.49. The summed E-state index contributed by atoms with van der Waals surface area (Å²) in [5, 5.41) is 0. The Morgan fingerprint density at radius 3 is 2.67 bits per heavy atom. The number of fused-ring (bicyclic) bond motifs is 1. The zero-order chi connectivity index (χ0) is 15.2. The van der Waals surface area contributed by atoms with E-state index in [-0.39, 0.29) is 24.4 Å². The summed E-state index contributed by atoms with van der Waals surface area (Å²) in [6.07, 6.45) is 3.03. The van der Waals surface area contributed by atoms with Gasteiger partial charge in [-0.05, 0) is 28.4 Å². The van der Waals surface area contributed by atoms with Crippen LogP contribution >= 0.6 is 15.9 Å². The molecule has 0 aliphatic carbocycles. The second kappa shape index (κ2) is 5.15. The van der Waals surface area contributed by atoms with Gasteiger partial charge in [-0.2, -0.15) is 4.31 Å². The van der Waals surface area contributed by atoms with E-state index in [1.807, 2.05) is 0 Å². The Morgan fingerprint density at radius 2 is 1.95 bits per heavy atom. The molecule has 2 aliphatic heterocycles. The van der Waals surface area contributed by atoms with Gasteiger partial charge < -0.3 is 4.74 Å². The molecule has 7 nitrogen and oxygen atoms in total. The van der Waals surface area contributed by atoms with E-state index >= 15 is 0 Å². The van der Waals surface area contributed by atoms with Gasteiger partial charge in [0, 0.05) is 30.0 Å². The Bertz CT molecular complexity index is 720. The number of sulfonamides is 1. The van der Waals surface area contributed by atoms with Gasteiger partial charge in [0.2, 0.25) is 10.0 Å². The zero-order valence-electron chi connectivity index (χ0n) is 10.7. The maximum absolute atomic E-state index is 12.5. The van der Waals surface area contributed by atoms with Crippen LogP contribution in [0.25, 0.3) is 0 Å². The van der Waals surface area contributed by atoms with E-state index < -0.39 is 33.8 Å². The molecule has 112 valence electrons. The predicted molar refractivity (Wildman–Crippen MR) is 73.4 cm³/mol. The summed E-state index contributed by atoms with van der Waals surface area (Å²) in [6.45, 7) is 0.141. The van der Waals surface area contributed by atoms with Gasteiger partial charge in [0.1, 0.15) is 4.90 Å². The topological polar surface area (TPSA) is 93.6 Å². The highest BCUT2D eigenvalue weighted by Crippen LogP contribution is 2.34. The molecule has 2 aliphatic rings. The summed E-state index contributed by atoms with van der Waals surface area (Å²) in [5.41, 5.74) is 0. The molecule has 9 heteroatoms. The number of cyclic esters (lactones) is 2. The van der Waals surface area contributed by atoms with Crippen LogP contribution in [0.1, 0.15) is 6.42 Å². The number of ether oxygens (including phenoxy) is 1. The number of nitrogens with zero attached hydrogens (tertiary/aromatic N) is 2. The Labute approximate surface area is 129 Å². The van der Waals surface area contributed by atoms with Gasteiger partial charge in [-0.3, -0.25) is 14.6 Å². The molecule has 21 heavy (non-hydrogen) atoms. The van der Waals surface area contributed by atoms with Gasteiger partial charge in [-0.25, -0.2) is 8.42 Å². The maximum atomic E-state index is 12.5. The zero-order valence-corrected chi connectivity index (χ0v) is 13.1. The molecule has 0 spiro atoms. The predicted octanol–water partition coefficient (Wildman–Crippen LogP) is 0.554. The molecule has 2 unspecified atom stereocenters. The molecule has 1 aromatic heterocycles. The van der Waals surface area contributed by atoms with E-state index in [0.717, 1.165) is 0 Å². The number of aromatic nitrogens is 1. The highest BCUT2D eigenvalue weighted by molar-refractivity contribution is 9.10. The fourth-order valence-corrected chi connectivity index (χ4v) is 4.58. The molecule has 0 N–H and O–H groups in total. The second-order valence-corrected chi connectivity index (χ2v) is 7.80. The Kier molecular flexibility index (Phi) is 3.58. The van der Waals surface area contributed by atoms with Gasteiger partial charge >= 0.3 is 11.9 Å². The van der Waals surface area contributed by atoms with E-state index in [1.54, 1.807) is 0 Å². The molecule has 0 radical (unpaired) electrons. The monoisotopic (exact) mass is 374 g/mol. The molecule has 2 fully saturated rings. The molecule has 3 heterocycles. The minimum Gasteiger partial charge on any atom is -0.393 e. The molecule has 2 atom stereocenters. The molecule has 0 aromatic carbocycles. The number of halogens is 1. The average molecular weight is 375 g/mol. The molecule has 1 aromatic rings. The fourth-order valence-electron chi connectivity index (χ4n) is 2.59. The summed E-state index contributed by atoms with van der Waals surface area (Å²) in [5.74, 6) is -2.42. The van der Waals surface area contributed by atoms with Crippen molar-refractivity contribution in [2.24, 2.45) is 11.8 Å². The first-order valence-electron chi connectivity index (χ1n) is 6.26. The largest absolute Gasteiger partial charge is 0.393 e. The van der Waals surface area contributed by atoms with Crippen LogP contribution in [0.15, 0.2) is 27.8 Å². The molecular weight excluding hydrogens is 364 g/mol. The standard InChI is InChI=1S/C12H11BrN2O5S/c13-7-3-8(5-14-4-7)21(18,19)15-2-1-9-10(6-15)12(17)20-11(9)16/h3-5,9-10H,1-2,6H2. The van der Waals surface area contributed by atoms with Crippen molar-refractivity contribution >= 4 is 37.9 Å². The number of hydrogen-bond acceptors (Lipinski definition) is 6.